The predicted octanol–water partition coefficient (Wildman–Crippen LogP) is 2.54. The molecule has 1 N–H and O–H groups in total. The predicted molar refractivity (Wildman–Crippen MR) is 77.7 cm³/mol. The lowest BCUT2D eigenvalue weighted by Crippen LogP contribution is -2.26. The molecule has 104 valence electrons. The first-order valence-corrected chi connectivity index (χ1v) is 7.17. The second-order valence-electron chi connectivity index (χ2n) is 5.39. The van der Waals surface area contributed by atoms with Crippen molar-refractivity contribution in [2.45, 2.75) is 39.8 Å². The third-order valence-electron chi connectivity index (χ3n) is 3.54. The van der Waals surface area contributed by atoms with E-state index < -0.39 is 0 Å². The highest BCUT2D eigenvalue weighted by atomic mass is 16.3. The van der Waals surface area contributed by atoms with Crippen LogP contribution in [-0.2, 0) is 13.1 Å². The van der Waals surface area contributed by atoms with Crippen molar-refractivity contribution < 1.29 is 4.42 Å². The standard InChI is InChI=1S/C16H24N2O/c1-4-8-18(11-14-6-7-14)12-15-9-16(10-17-5-2)19-13(15)3/h1,9,14,17H,5-8,10-12H2,2-3H3. The van der Waals surface area contributed by atoms with Gasteiger partial charge in [0.05, 0.1) is 13.1 Å². The summed E-state index contributed by atoms with van der Waals surface area (Å²) in [6.07, 6.45) is 8.18. The first kappa shape index (κ1) is 14.2. The Labute approximate surface area is 116 Å². The van der Waals surface area contributed by atoms with Gasteiger partial charge in [-0.15, -0.1) is 6.42 Å². The molecule has 0 bridgehead atoms. The van der Waals surface area contributed by atoms with E-state index in [0.717, 1.165) is 50.2 Å². The van der Waals surface area contributed by atoms with Crippen LogP contribution < -0.4 is 5.32 Å². The van der Waals surface area contributed by atoms with E-state index >= 15 is 0 Å². The van der Waals surface area contributed by atoms with Gasteiger partial charge in [-0.2, -0.15) is 0 Å². The van der Waals surface area contributed by atoms with Gasteiger partial charge in [-0.05, 0) is 38.3 Å². The van der Waals surface area contributed by atoms with Gasteiger partial charge in [-0.25, -0.2) is 0 Å². The van der Waals surface area contributed by atoms with Crippen LogP contribution in [-0.4, -0.2) is 24.5 Å². The average Bonchev–Trinajstić information content (AvgIpc) is 3.12. The van der Waals surface area contributed by atoms with Gasteiger partial charge < -0.3 is 9.73 Å². The van der Waals surface area contributed by atoms with Crippen LogP contribution in [0.5, 0.6) is 0 Å². The highest BCUT2D eigenvalue weighted by Gasteiger charge is 2.24. The van der Waals surface area contributed by atoms with Crippen molar-refractivity contribution in [2.24, 2.45) is 5.92 Å². The molecule has 3 nitrogen and oxygen atoms in total. The molecule has 1 aromatic rings. The zero-order valence-electron chi connectivity index (χ0n) is 12.0. The molecule has 1 aliphatic rings. The second-order valence-corrected chi connectivity index (χ2v) is 5.39. The monoisotopic (exact) mass is 260 g/mol. The highest BCUT2D eigenvalue weighted by molar-refractivity contribution is 5.21. The summed E-state index contributed by atoms with van der Waals surface area (Å²) >= 11 is 0. The van der Waals surface area contributed by atoms with Crippen molar-refractivity contribution >= 4 is 0 Å². The minimum atomic E-state index is 0.726. The highest BCUT2D eigenvalue weighted by Crippen LogP contribution is 2.30. The van der Waals surface area contributed by atoms with Crippen LogP contribution in [0.25, 0.3) is 0 Å². The zero-order chi connectivity index (χ0) is 13.7. The molecule has 19 heavy (non-hydrogen) atoms. The molecule has 0 unspecified atom stereocenters. The number of rotatable bonds is 8. The van der Waals surface area contributed by atoms with Crippen molar-refractivity contribution in [3.8, 4) is 12.3 Å². The lowest BCUT2D eigenvalue weighted by Gasteiger charge is -2.18. The van der Waals surface area contributed by atoms with Gasteiger partial charge in [0.25, 0.3) is 0 Å². The summed E-state index contributed by atoms with van der Waals surface area (Å²) in [6.45, 7) is 8.65. The van der Waals surface area contributed by atoms with Crippen LogP contribution in [0.15, 0.2) is 10.5 Å². The van der Waals surface area contributed by atoms with E-state index in [2.05, 4.69) is 29.1 Å². The topological polar surface area (TPSA) is 28.4 Å². The van der Waals surface area contributed by atoms with Crippen LogP contribution in [0.4, 0.5) is 0 Å². The molecule has 1 aliphatic carbocycles. The van der Waals surface area contributed by atoms with Crippen molar-refractivity contribution in [1.29, 1.82) is 0 Å². The molecule has 2 rings (SSSR count). The summed E-state index contributed by atoms with van der Waals surface area (Å²) in [5.41, 5.74) is 1.27. The van der Waals surface area contributed by atoms with Gasteiger partial charge in [0.15, 0.2) is 0 Å². The third-order valence-corrected chi connectivity index (χ3v) is 3.54. The van der Waals surface area contributed by atoms with E-state index in [9.17, 15) is 0 Å². The number of nitrogens with zero attached hydrogens (tertiary/aromatic N) is 1. The molecule has 0 aliphatic heterocycles. The van der Waals surface area contributed by atoms with Gasteiger partial charge in [-0.3, -0.25) is 4.90 Å². The minimum Gasteiger partial charge on any atom is -0.465 e. The largest absolute Gasteiger partial charge is 0.465 e. The molecule has 0 amide bonds. The van der Waals surface area contributed by atoms with Crippen molar-refractivity contribution in [3.63, 3.8) is 0 Å². The lowest BCUT2D eigenvalue weighted by molar-refractivity contribution is 0.284. The number of terminal acetylenes is 1. The Bertz CT molecular complexity index is 440. The Morgan fingerprint density at radius 3 is 2.95 bits per heavy atom. The van der Waals surface area contributed by atoms with E-state index in [0.29, 0.717) is 0 Å². The smallest absolute Gasteiger partial charge is 0.118 e. The van der Waals surface area contributed by atoms with Gasteiger partial charge in [0, 0.05) is 18.7 Å². The maximum absolute atomic E-state index is 5.78. The minimum absolute atomic E-state index is 0.726. The van der Waals surface area contributed by atoms with Crippen LogP contribution in [0.2, 0.25) is 0 Å². The molecular formula is C16H24N2O. The van der Waals surface area contributed by atoms with E-state index in [1.165, 1.54) is 18.4 Å². The van der Waals surface area contributed by atoms with Gasteiger partial charge in [0.2, 0.25) is 0 Å². The fraction of sp³-hybridized carbons (Fsp3) is 0.625. The SMILES string of the molecule is C#CCN(Cc1cc(CNCC)oc1C)CC1CC1. The third kappa shape index (κ3) is 4.41. The molecule has 1 fully saturated rings. The van der Waals surface area contributed by atoms with Crippen LogP contribution in [0.1, 0.15) is 36.8 Å². The summed E-state index contributed by atoms with van der Waals surface area (Å²) in [5, 5.41) is 3.29. The molecule has 0 atom stereocenters. The van der Waals surface area contributed by atoms with Gasteiger partial charge >= 0.3 is 0 Å². The van der Waals surface area contributed by atoms with Crippen molar-refractivity contribution in [2.75, 3.05) is 19.6 Å². The number of hydrogen-bond donors (Lipinski definition) is 1. The van der Waals surface area contributed by atoms with Gasteiger partial charge in [0.1, 0.15) is 11.5 Å². The van der Waals surface area contributed by atoms with E-state index in [4.69, 9.17) is 10.8 Å². The quantitative estimate of drug-likeness (QED) is 0.728. The van der Waals surface area contributed by atoms with Crippen LogP contribution >= 0.6 is 0 Å². The molecule has 3 heteroatoms. The number of aryl methyl sites for hydroxylation is 1. The molecule has 1 heterocycles. The maximum Gasteiger partial charge on any atom is 0.118 e. The van der Waals surface area contributed by atoms with E-state index in [1.807, 2.05) is 6.92 Å². The average molecular weight is 260 g/mol. The van der Waals surface area contributed by atoms with E-state index in [1.54, 1.807) is 0 Å². The molecule has 0 saturated heterocycles. The molecule has 0 radical (unpaired) electrons. The second kappa shape index (κ2) is 6.79. The van der Waals surface area contributed by atoms with Crippen molar-refractivity contribution in [1.82, 2.24) is 10.2 Å². The summed E-state index contributed by atoms with van der Waals surface area (Å²) in [7, 11) is 0. The van der Waals surface area contributed by atoms with Crippen molar-refractivity contribution in [3.05, 3.63) is 23.2 Å². The Balaban J connectivity index is 1.95. The zero-order valence-corrected chi connectivity index (χ0v) is 12.0. The summed E-state index contributed by atoms with van der Waals surface area (Å²) in [6, 6.07) is 2.16. The lowest BCUT2D eigenvalue weighted by atomic mass is 10.2. The summed E-state index contributed by atoms with van der Waals surface area (Å²) in [5.74, 6) is 5.66. The maximum atomic E-state index is 5.78. The summed E-state index contributed by atoms with van der Waals surface area (Å²) in [4.78, 5) is 2.35. The fourth-order valence-electron chi connectivity index (χ4n) is 2.30. The Morgan fingerprint density at radius 2 is 2.32 bits per heavy atom. The first-order valence-electron chi connectivity index (χ1n) is 7.17. The molecule has 0 aromatic carbocycles. The fourth-order valence-corrected chi connectivity index (χ4v) is 2.30. The normalized spacial score (nSPS) is 14.8. The van der Waals surface area contributed by atoms with Crippen LogP contribution in [0.3, 0.4) is 0 Å². The number of nitrogens with one attached hydrogen (secondary N) is 1. The van der Waals surface area contributed by atoms with Crippen LogP contribution in [0, 0.1) is 25.2 Å². The number of furan rings is 1. The first-order chi connectivity index (χ1) is 9.22. The number of hydrogen-bond acceptors (Lipinski definition) is 3. The Hall–Kier alpha value is -1.24. The summed E-state index contributed by atoms with van der Waals surface area (Å²) < 4.78 is 5.78. The van der Waals surface area contributed by atoms with Gasteiger partial charge in [-0.1, -0.05) is 12.8 Å². The Kier molecular flexibility index (Phi) is 5.07. The molecular weight excluding hydrogens is 236 g/mol. The Morgan fingerprint density at radius 1 is 1.53 bits per heavy atom. The molecule has 1 saturated carbocycles. The van der Waals surface area contributed by atoms with E-state index in [-0.39, 0.29) is 0 Å². The molecule has 0 spiro atoms. The molecule has 1 aromatic heterocycles.